The normalized spacial score (nSPS) is 14.5. The van der Waals surface area contributed by atoms with Crippen molar-refractivity contribution in [1.82, 2.24) is 4.90 Å². The van der Waals surface area contributed by atoms with Gasteiger partial charge in [-0.1, -0.05) is 12.1 Å². The van der Waals surface area contributed by atoms with Crippen molar-refractivity contribution < 1.29 is 24.1 Å². The van der Waals surface area contributed by atoms with Crippen molar-refractivity contribution in [2.45, 2.75) is 25.3 Å². The van der Waals surface area contributed by atoms with Crippen LogP contribution in [-0.4, -0.2) is 69.5 Å². The predicted molar refractivity (Wildman–Crippen MR) is 121 cm³/mol. The first kappa shape index (κ1) is 22.7. The smallest absolute Gasteiger partial charge is 0.317 e. The van der Waals surface area contributed by atoms with Gasteiger partial charge in [0.25, 0.3) is 0 Å². The molecule has 0 aromatic heterocycles. The number of benzene rings is 2. The van der Waals surface area contributed by atoms with E-state index in [1.165, 1.54) is 0 Å². The minimum atomic E-state index is -0.789. The summed E-state index contributed by atoms with van der Waals surface area (Å²) in [5.74, 6) is 1.44. The van der Waals surface area contributed by atoms with Crippen molar-refractivity contribution in [2.75, 3.05) is 52.4 Å². The van der Waals surface area contributed by atoms with E-state index in [2.05, 4.69) is 15.9 Å². The van der Waals surface area contributed by atoms with E-state index in [1.54, 1.807) is 21.3 Å². The van der Waals surface area contributed by atoms with Crippen molar-refractivity contribution in [3.63, 3.8) is 0 Å². The maximum absolute atomic E-state index is 11.5. The highest BCUT2D eigenvalue weighted by molar-refractivity contribution is 5.69. The van der Waals surface area contributed by atoms with Crippen molar-refractivity contribution in [2.24, 2.45) is 0 Å². The number of nitrogens with zero attached hydrogens (tertiary/aromatic N) is 2. The van der Waals surface area contributed by atoms with E-state index in [4.69, 9.17) is 14.2 Å². The number of aliphatic carboxylic acids is 1. The molecule has 0 aliphatic carbocycles. The average molecular weight is 429 g/mol. The summed E-state index contributed by atoms with van der Waals surface area (Å²) in [6.07, 6.45) is 2.61. The molecule has 7 nitrogen and oxygen atoms in total. The molecule has 1 aliphatic heterocycles. The molecule has 1 heterocycles. The Morgan fingerprint density at radius 1 is 1.03 bits per heavy atom. The molecule has 168 valence electrons. The Hall–Kier alpha value is -2.93. The van der Waals surface area contributed by atoms with Crippen LogP contribution in [0.1, 0.15) is 18.4 Å². The molecule has 1 saturated heterocycles. The van der Waals surface area contributed by atoms with Gasteiger partial charge in [0, 0.05) is 37.4 Å². The summed E-state index contributed by atoms with van der Waals surface area (Å²) in [7, 11) is 4.91. The molecule has 0 amide bonds. The first-order chi connectivity index (χ1) is 15.0. The number of carboxylic acids is 1. The van der Waals surface area contributed by atoms with Gasteiger partial charge in [0.1, 0.15) is 5.75 Å². The third-order valence-electron chi connectivity index (χ3n) is 5.87. The van der Waals surface area contributed by atoms with Crippen LogP contribution < -0.4 is 19.1 Å². The lowest BCUT2D eigenvalue weighted by molar-refractivity contribution is -0.139. The molecule has 0 spiro atoms. The number of piperidine rings is 1. The van der Waals surface area contributed by atoms with Gasteiger partial charge in [0.05, 0.1) is 27.9 Å². The Kier molecular flexibility index (Phi) is 8.00. The van der Waals surface area contributed by atoms with Crippen molar-refractivity contribution >= 4 is 11.7 Å². The summed E-state index contributed by atoms with van der Waals surface area (Å²) in [6, 6.07) is 14.2. The number of ether oxygens (including phenoxy) is 3. The Morgan fingerprint density at radius 3 is 2.42 bits per heavy atom. The molecule has 7 heteroatoms. The van der Waals surface area contributed by atoms with Crippen LogP contribution >= 0.6 is 0 Å². The minimum Gasteiger partial charge on any atom is -0.497 e. The van der Waals surface area contributed by atoms with Crippen LogP contribution in [-0.2, 0) is 11.2 Å². The highest BCUT2D eigenvalue weighted by Crippen LogP contribution is 2.29. The molecule has 1 fully saturated rings. The van der Waals surface area contributed by atoms with Gasteiger partial charge in [-0.3, -0.25) is 9.69 Å². The molecule has 0 radical (unpaired) electrons. The zero-order valence-corrected chi connectivity index (χ0v) is 18.5. The summed E-state index contributed by atoms with van der Waals surface area (Å²) in [4.78, 5) is 15.9. The van der Waals surface area contributed by atoms with Crippen LogP contribution in [0.3, 0.4) is 0 Å². The Labute approximate surface area is 184 Å². The number of anilines is 1. The number of methoxy groups -OCH3 is 3. The Balaban J connectivity index is 1.61. The van der Waals surface area contributed by atoms with E-state index in [9.17, 15) is 9.90 Å². The van der Waals surface area contributed by atoms with Crippen LogP contribution in [0.15, 0.2) is 42.5 Å². The van der Waals surface area contributed by atoms with Gasteiger partial charge in [-0.2, -0.15) is 0 Å². The van der Waals surface area contributed by atoms with Gasteiger partial charge in [-0.15, -0.1) is 0 Å². The van der Waals surface area contributed by atoms with E-state index in [1.807, 2.05) is 36.4 Å². The summed E-state index contributed by atoms with van der Waals surface area (Å²) in [5.41, 5.74) is 2.25. The largest absolute Gasteiger partial charge is 0.497 e. The molecule has 1 aliphatic rings. The number of hydrogen-bond acceptors (Lipinski definition) is 6. The standard InChI is InChI=1S/C24H32N2O5/c1-29-21-6-4-5-20(16-21)25-13-10-19(11-14-25)26(17-24(27)28)12-9-18-7-8-22(30-2)23(15-18)31-3/h4-8,15-16,19H,9-14,17H2,1-3H3,(H,27,28). The van der Waals surface area contributed by atoms with Gasteiger partial charge in [-0.05, 0) is 49.1 Å². The molecule has 0 unspecified atom stereocenters. The molecule has 0 saturated carbocycles. The van der Waals surface area contributed by atoms with Crippen LogP contribution in [0.2, 0.25) is 0 Å². The molecule has 2 aromatic rings. The predicted octanol–water partition coefficient (Wildman–Crippen LogP) is 3.31. The highest BCUT2D eigenvalue weighted by atomic mass is 16.5. The van der Waals surface area contributed by atoms with E-state index >= 15 is 0 Å². The maximum atomic E-state index is 11.5. The molecule has 31 heavy (non-hydrogen) atoms. The molecule has 2 aromatic carbocycles. The average Bonchev–Trinajstić information content (AvgIpc) is 2.81. The fourth-order valence-corrected chi connectivity index (χ4v) is 4.17. The monoisotopic (exact) mass is 428 g/mol. The van der Waals surface area contributed by atoms with E-state index in [0.717, 1.165) is 49.4 Å². The number of hydrogen-bond donors (Lipinski definition) is 1. The number of rotatable bonds is 10. The molecule has 0 bridgehead atoms. The fraction of sp³-hybridized carbons (Fsp3) is 0.458. The van der Waals surface area contributed by atoms with Gasteiger partial charge in [-0.25, -0.2) is 0 Å². The SMILES string of the molecule is COc1cccc(N2CCC(N(CCc3ccc(OC)c(OC)c3)CC(=O)O)CC2)c1. The van der Waals surface area contributed by atoms with Gasteiger partial charge in [0.2, 0.25) is 0 Å². The van der Waals surface area contributed by atoms with Crippen LogP contribution in [0.4, 0.5) is 5.69 Å². The van der Waals surface area contributed by atoms with Crippen LogP contribution in [0.5, 0.6) is 17.2 Å². The van der Waals surface area contributed by atoms with Gasteiger partial charge in [0.15, 0.2) is 11.5 Å². The highest BCUT2D eigenvalue weighted by Gasteiger charge is 2.26. The molecular weight excluding hydrogens is 396 g/mol. The van der Waals surface area contributed by atoms with E-state index in [-0.39, 0.29) is 12.6 Å². The topological polar surface area (TPSA) is 71.5 Å². The minimum absolute atomic E-state index is 0.0527. The van der Waals surface area contributed by atoms with Crippen molar-refractivity contribution in [1.29, 1.82) is 0 Å². The summed E-state index contributed by atoms with van der Waals surface area (Å²) in [5, 5.41) is 9.45. The third-order valence-corrected chi connectivity index (χ3v) is 5.87. The first-order valence-electron chi connectivity index (χ1n) is 10.6. The van der Waals surface area contributed by atoms with E-state index in [0.29, 0.717) is 18.0 Å². The molecule has 0 atom stereocenters. The molecule has 3 rings (SSSR count). The zero-order valence-electron chi connectivity index (χ0n) is 18.5. The lowest BCUT2D eigenvalue weighted by Gasteiger charge is -2.39. The Morgan fingerprint density at radius 2 is 1.77 bits per heavy atom. The van der Waals surface area contributed by atoms with E-state index < -0.39 is 5.97 Å². The first-order valence-corrected chi connectivity index (χ1v) is 10.6. The summed E-state index contributed by atoms with van der Waals surface area (Å²) >= 11 is 0. The van der Waals surface area contributed by atoms with Crippen molar-refractivity contribution in [3.05, 3.63) is 48.0 Å². The lowest BCUT2D eigenvalue weighted by Crippen LogP contribution is -2.47. The number of carboxylic acid groups (broad SMARTS) is 1. The molecular formula is C24H32N2O5. The number of carbonyl (C=O) groups is 1. The quantitative estimate of drug-likeness (QED) is 0.622. The second kappa shape index (κ2) is 10.9. The lowest BCUT2D eigenvalue weighted by atomic mass is 10.0. The fourth-order valence-electron chi connectivity index (χ4n) is 4.17. The second-order valence-corrected chi connectivity index (χ2v) is 7.72. The van der Waals surface area contributed by atoms with Gasteiger partial charge >= 0.3 is 5.97 Å². The summed E-state index contributed by atoms with van der Waals surface area (Å²) in [6.45, 7) is 2.53. The summed E-state index contributed by atoms with van der Waals surface area (Å²) < 4.78 is 16.0. The second-order valence-electron chi connectivity index (χ2n) is 7.72. The maximum Gasteiger partial charge on any atom is 0.317 e. The Bertz CT molecular complexity index is 865. The third kappa shape index (κ3) is 6.04. The van der Waals surface area contributed by atoms with Crippen LogP contribution in [0.25, 0.3) is 0 Å². The van der Waals surface area contributed by atoms with Gasteiger partial charge < -0.3 is 24.2 Å². The zero-order chi connectivity index (χ0) is 22.2. The van der Waals surface area contributed by atoms with Crippen LogP contribution in [0, 0.1) is 0 Å². The molecule has 1 N–H and O–H groups in total. The van der Waals surface area contributed by atoms with Crippen molar-refractivity contribution in [3.8, 4) is 17.2 Å².